The minimum Gasteiger partial charge on any atom is -0.489 e. The van der Waals surface area contributed by atoms with Crippen molar-refractivity contribution in [2.24, 2.45) is 0 Å². The van der Waals surface area contributed by atoms with Gasteiger partial charge in [0.15, 0.2) is 0 Å². The molecule has 116 valence electrons. The molecule has 0 saturated heterocycles. The summed E-state index contributed by atoms with van der Waals surface area (Å²) in [5.74, 6) is -0.135. The van der Waals surface area contributed by atoms with Gasteiger partial charge in [-0.2, -0.15) is 0 Å². The number of benzene rings is 2. The number of methoxy groups -OCH3 is 1. The molecule has 0 aliphatic heterocycles. The van der Waals surface area contributed by atoms with Crippen LogP contribution in [-0.4, -0.2) is 18.2 Å². The van der Waals surface area contributed by atoms with Crippen LogP contribution in [0.2, 0.25) is 0 Å². The number of ether oxygens (including phenoxy) is 2. The molecule has 0 aromatic heterocycles. The molecule has 2 aromatic rings. The number of rotatable bonds is 7. The molecular weight excluding hydrogens is 280 g/mol. The zero-order valence-electron chi connectivity index (χ0n) is 12.8. The Kier molecular flexibility index (Phi) is 5.55. The van der Waals surface area contributed by atoms with E-state index in [2.05, 4.69) is 13.0 Å². The third kappa shape index (κ3) is 4.33. The average Bonchev–Trinajstić information content (AvgIpc) is 2.52. The van der Waals surface area contributed by atoms with E-state index in [4.69, 9.17) is 14.6 Å². The predicted molar refractivity (Wildman–Crippen MR) is 84.0 cm³/mol. The van der Waals surface area contributed by atoms with Gasteiger partial charge in [0.25, 0.3) is 0 Å². The van der Waals surface area contributed by atoms with Gasteiger partial charge in [-0.3, -0.25) is 4.79 Å². The van der Waals surface area contributed by atoms with Gasteiger partial charge in [-0.1, -0.05) is 36.4 Å². The second-order valence-electron chi connectivity index (χ2n) is 5.11. The minimum absolute atomic E-state index is 0.0556. The lowest BCUT2D eigenvalue weighted by atomic mass is 10.1. The van der Waals surface area contributed by atoms with E-state index in [1.54, 1.807) is 0 Å². The summed E-state index contributed by atoms with van der Waals surface area (Å²) < 4.78 is 11.0. The van der Waals surface area contributed by atoms with Gasteiger partial charge in [0, 0.05) is 7.11 Å². The predicted octanol–water partition coefficient (Wildman–Crippen LogP) is 3.74. The van der Waals surface area contributed by atoms with Crippen molar-refractivity contribution in [2.75, 3.05) is 7.11 Å². The second-order valence-corrected chi connectivity index (χ2v) is 5.11. The second kappa shape index (κ2) is 7.61. The monoisotopic (exact) mass is 300 g/mol. The molecule has 0 radical (unpaired) electrons. The molecular formula is C18H20O4. The smallest absolute Gasteiger partial charge is 0.306 e. The van der Waals surface area contributed by atoms with Crippen molar-refractivity contribution in [3.63, 3.8) is 0 Å². The zero-order chi connectivity index (χ0) is 15.9. The Bertz CT molecular complexity index is 619. The Morgan fingerprint density at radius 1 is 1.14 bits per heavy atom. The van der Waals surface area contributed by atoms with E-state index in [0.29, 0.717) is 6.61 Å². The van der Waals surface area contributed by atoms with Crippen LogP contribution in [0.15, 0.2) is 48.5 Å². The summed E-state index contributed by atoms with van der Waals surface area (Å²) in [4.78, 5) is 10.8. The Morgan fingerprint density at radius 3 is 2.41 bits per heavy atom. The van der Waals surface area contributed by atoms with Crippen molar-refractivity contribution in [3.8, 4) is 5.75 Å². The van der Waals surface area contributed by atoms with Gasteiger partial charge >= 0.3 is 5.97 Å². The fourth-order valence-corrected chi connectivity index (χ4v) is 2.21. The summed E-state index contributed by atoms with van der Waals surface area (Å²) in [5, 5.41) is 8.86. The summed E-state index contributed by atoms with van der Waals surface area (Å²) in [6.45, 7) is 2.56. The highest BCUT2D eigenvalue weighted by molar-refractivity contribution is 5.67. The Labute approximate surface area is 130 Å². The standard InChI is InChI=1S/C18H20O4/c1-13-5-3-4-6-15(13)12-22-16-9-7-14(8-10-16)17(21-2)11-18(19)20/h3-10,17H,11-12H2,1-2H3,(H,19,20). The van der Waals surface area contributed by atoms with Gasteiger partial charge in [0.2, 0.25) is 0 Å². The molecule has 0 aliphatic rings. The number of hydrogen-bond donors (Lipinski definition) is 1. The van der Waals surface area contributed by atoms with Gasteiger partial charge in [-0.05, 0) is 35.7 Å². The van der Waals surface area contributed by atoms with Gasteiger partial charge in [-0.25, -0.2) is 0 Å². The molecule has 1 unspecified atom stereocenters. The molecule has 4 nitrogen and oxygen atoms in total. The molecule has 0 spiro atoms. The number of carboxylic acid groups (broad SMARTS) is 1. The highest BCUT2D eigenvalue weighted by atomic mass is 16.5. The van der Waals surface area contributed by atoms with Crippen LogP contribution in [0.3, 0.4) is 0 Å². The van der Waals surface area contributed by atoms with Crippen LogP contribution in [0.25, 0.3) is 0 Å². The number of hydrogen-bond acceptors (Lipinski definition) is 3. The molecule has 0 fully saturated rings. The number of aliphatic carboxylic acids is 1. The van der Waals surface area contributed by atoms with Crippen LogP contribution >= 0.6 is 0 Å². The van der Waals surface area contributed by atoms with Crippen LogP contribution in [0.5, 0.6) is 5.75 Å². The van der Waals surface area contributed by atoms with Crippen molar-refractivity contribution in [1.29, 1.82) is 0 Å². The summed E-state index contributed by atoms with van der Waals surface area (Å²) in [6, 6.07) is 15.4. The molecule has 0 aliphatic carbocycles. The minimum atomic E-state index is -0.883. The first-order valence-corrected chi connectivity index (χ1v) is 7.12. The summed E-state index contributed by atoms with van der Waals surface area (Å²) in [7, 11) is 1.51. The van der Waals surface area contributed by atoms with Crippen LogP contribution < -0.4 is 4.74 Å². The van der Waals surface area contributed by atoms with E-state index in [0.717, 1.165) is 16.9 Å². The topological polar surface area (TPSA) is 55.8 Å². The molecule has 1 N–H and O–H groups in total. The molecule has 0 saturated carbocycles. The van der Waals surface area contributed by atoms with E-state index in [-0.39, 0.29) is 6.42 Å². The molecule has 4 heteroatoms. The fourth-order valence-electron chi connectivity index (χ4n) is 2.21. The van der Waals surface area contributed by atoms with E-state index in [1.165, 1.54) is 12.7 Å². The lowest BCUT2D eigenvalue weighted by Crippen LogP contribution is -2.08. The SMILES string of the molecule is COC(CC(=O)O)c1ccc(OCc2ccccc2C)cc1. The van der Waals surface area contributed by atoms with Gasteiger partial charge in [0.05, 0.1) is 12.5 Å². The van der Waals surface area contributed by atoms with Crippen LogP contribution in [-0.2, 0) is 16.1 Å². The first-order valence-electron chi connectivity index (χ1n) is 7.12. The van der Waals surface area contributed by atoms with Crippen molar-refractivity contribution in [1.82, 2.24) is 0 Å². The zero-order valence-corrected chi connectivity index (χ0v) is 12.8. The van der Waals surface area contributed by atoms with Crippen LogP contribution in [0, 0.1) is 6.92 Å². The van der Waals surface area contributed by atoms with Crippen molar-refractivity contribution >= 4 is 5.97 Å². The highest BCUT2D eigenvalue weighted by Gasteiger charge is 2.14. The molecule has 2 aromatic carbocycles. The number of aryl methyl sites for hydroxylation is 1. The normalized spacial score (nSPS) is 11.9. The molecule has 2 rings (SSSR count). The Balaban J connectivity index is 2.00. The molecule has 0 heterocycles. The molecule has 0 amide bonds. The number of carbonyl (C=O) groups is 1. The number of carboxylic acids is 1. The maximum atomic E-state index is 10.8. The summed E-state index contributed by atoms with van der Waals surface area (Å²) >= 11 is 0. The molecule has 22 heavy (non-hydrogen) atoms. The first kappa shape index (κ1) is 16.0. The van der Waals surface area contributed by atoms with Crippen molar-refractivity contribution in [2.45, 2.75) is 26.1 Å². The van der Waals surface area contributed by atoms with Gasteiger partial charge < -0.3 is 14.6 Å². The third-order valence-corrected chi connectivity index (χ3v) is 3.55. The Morgan fingerprint density at radius 2 is 1.82 bits per heavy atom. The first-order chi connectivity index (χ1) is 10.6. The van der Waals surface area contributed by atoms with E-state index >= 15 is 0 Å². The molecule has 1 atom stereocenters. The van der Waals surface area contributed by atoms with Gasteiger partial charge in [0.1, 0.15) is 12.4 Å². The van der Waals surface area contributed by atoms with Crippen LogP contribution in [0.1, 0.15) is 29.2 Å². The maximum absolute atomic E-state index is 10.8. The van der Waals surface area contributed by atoms with E-state index in [9.17, 15) is 4.79 Å². The Hall–Kier alpha value is -2.33. The maximum Gasteiger partial charge on any atom is 0.306 e. The van der Waals surface area contributed by atoms with Crippen molar-refractivity contribution < 1.29 is 19.4 Å². The summed E-state index contributed by atoms with van der Waals surface area (Å²) in [6.07, 6.45) is -0.497. The van der Waals surface area contributed by atoms with E-state index in [1.807, 2.05) is 42.5 Å². The average molecular weight is 300 g/mol. The van der Waals surface area contributed by atoms with Crippen LogP contribution in [0.4, 0.5) is 0 Å². The van der Waals surface area contributed by atoms with Gasteiger partial charge in [-0.15, -0.1) is 0 Å². The van der Waals surface area contributed by atoms with E-state index < -0.39 is 12.1 Å². The van der Waals surface area contributed by atoms with Crippen molar-refractivity contribution in [3.05, 3.63) is 65.2 Å². The quantitative estimate of drug-likeness (QED) is 0.846. The fraction of sp³-hybridized carbons (Fsp3) is 0.278. The highest BCUT2D eigenvalue weighted by Crippen LogP contribution is 2.23. The lowest BCUT2D eigenvalue weighted by Gasteiger charge is -2.14. The third-order valence-electron chi connectivity index (χ3n) is 3.55. The largest absolute Gasteiger partial charge is 0.489 e. The lowest BCUT2D eigenvalue weighted by molar-refractivity contribution is -0.139. The summed E-state index contributed by atoms with van der Waals surface area (Å²) in [5.41, 5.74) is 3.17. The molecule has 0 bridgehead atoms.